The Kier molecular flexibility index (Phi) is 4.33. The monoisotopic (exact) mass is 275 g/mol. The maximum atomic E-state index is 12.3. The van der Waals surface area contributed by atoms with E-state index >= 15 is 0 Å². The second kappa shape index (κ2) is 5.83. The summed E-state index contributed by atoms with van der Waals surface area (Å²) in [5, 5.41) is 2.99. The van der Waals surface area contributed by atoms with Crippen molar-refractivity contribution >= 4 is 17.3 Å². The summed E-state index contributed by atoms with van der Waals surface area (Å²) in [6.07, 6.45) is 2.42. The third kappa shape index (κ3) is 3.31. The minimum absolute atomic E-state index is 0.121. The van der Waals surface area contributed by atoms with Gasteiger partial charge in [0.2, 0.25) is 5.91 Å². The molecule has 0 bridgehead atoms. The summed E-state index contributed by atoms with van der Waals surface area (Å²) in [6, 6.07) is 7.43. The van der Waals surface area contributed by atoms with Crippen molar-refractivity contribution in [1.82, 2.24) is 0 Å². The van der Waals surface area contributed by atoms with E-state index in [-0.39, 0.29) is 11.3 Å². The molecule has 0 aromatic heterocycles. The van der Waals surface area contributed by atoms with Gasteiger partial charge < -0.3 is 16.0 Å². The summed E-state index contributed by atoms with van der Waals surface area (Å²) in [4.78, 5) is 14.6. The number of carbonyl (C=O) groups excluding carboxylic acids is 1. The van der Waals surface area contributed by atoms with Crippen LogP contribution in [0.5, 0.6) is 0 Å². The van der Waals surface area contributed by atoms with Crippen molar-refractivity contribution in [3.8, 4) is 0 Å². The van der Waals surface area contributed by atoms with Crippen molar-refractivity contribution in [2.75, 3.05) is 23.3 Å². The lowest BCUT2D eigenvalue weighted by Crippen LogP contribution is -2.45. The summed E-state index contributed by atoms with van der Waals surface area (Å²) in [5.74, 6) is -0.121. The summed E-state index contributed by atoms with van der Waals surface area (Å²) < 4.78 is 0. The standard InChI is InChI=1S/C16H25N3O/c1-16(2,3)14(17)15(20)18-12-8-4-5-9-13(12)19-10-6-7-11-19/h4-5,8-9,14H,6-7,10-11,17H2,1-3H3,(H,18,20). The second-order valence-corrected chi connectivity index (χ2v) is 6.54. The summed E-state index contributed by atoms with van der Waals surface area (Å²) in [7, 11) is 0. The molecule has 1 amide bonds. The number of nitrogens with one attached hydrogen (secondary N) is 1. The second-order valence-electron chi connectivity index (χ2n) is 6.54. The first-order valence-electron chi connectivity index (χ1n) is 7.30. The van der Waals surface area contributed by atoms with E-state index in [9.17, 15) is 4.79 Å². The van der Waals surface area contributed by atoms with Crippen LogP contribution in [-0.4, -0.2) is 25.0 Å². The van der Waals surface area contributed by atoms with Crippen LogP contribution < -0.4 is 16.0 Å². The Bertz CT molecular complexity index is 473. The van der Waals surface area contributed by atoms with Gasteiger partial charge in [-0.05, 0) is 30.4 Å². The highest BCUT2D eigenvalue weighted by Gasteiger charge is 2.28. The van der Waals surface area contributed by atoms with Crippen molar-refractivity contribution in [2.24, 2.45) is 11.1 Å². The molecule has 1 saturated heterocycles. The number of rotatable bonds is 3. The molecule has 4 nitrogen and oxygen atoms in total. The fourth-order valence-corrected chi connectivity index (χ4v) is 2.42. The topological polar surface area (TPSA) is 58.4 Å². The van der Waals surface area contributed by atoms with Gasteiger partial charge in [-0.25, -0.2) is 0 Å². The molecule has 0 spiro atoms. The number of hydrogen-bond donors (Lipinski definition) is 2. The normalized spacial score (nSPS) is 17.1. The van der Waals surface area contributed by atoms with Crippen molar-refractivity contribution in [3.05, 3.63) is 24.3 Å². The van der Waals surface area contributed by atoms with Crippen LogP contribution in [0.15, 0.2) is 24.3 Å². The van der Waals surface area contributed by atoms with Crippen LogP contribution in [0.3, 0.4) is 0 Å². The third-order valence-corrected chi connectivity index (χ3v) is 3.82. The molecule has 1 unspecified atom stereocenters. The quantitative estimate of drug-likeness (QED) is 0.891. The van der Waals surface area contributed by atoms with Gasteiger partial charge in [0.25, 0.3) is 0 Å². The number of benzene rings is 1. The van der Waals surface area contributed by atoms with Crippen LogP contribution in [0, 0.1) is 5.41 Å². The number of hydrogen-bond acceptors (Lipinski definition) is 3. The molecule has 3 N–H and O–H groups in total. The van der Waals surface area contributed by atoms with Crippen LogP contribution >= 0.6 is 0 Å². The predicted octanol–water partition coefficient (Wildman–Crippen LogP) is 2.60. The highest BCUT2D eigenvalue weighted by atomic mass is 16.2. The third-order valence-electron chi connectivity index (χ3n) is 3.82. The number of nitrogens with two attached hydrogens (primary N) is 1. The number of amides is 1. The van der Waals surface area contributed by atoms with Gasteiger partial charge in [0.15, 0.2) is 0 Å². The van der Waals surface area contributed by atoms with Crippen molar-refractivity contribution < 1.29 is 4.79 Å². The molecule has 0 saturated carbocycles. The molecule has 1 aliphatic rings. The fourth-order valence-electron chi connectivity index (χ4n) is 2.42. The highest BCUT2D eigenvalue weighted by Crippen LogP contribution is 2.29. The van der Waals surface area contributed by atoms with Crippen molar-refractivity contribution in [3.63, 3.8) is 0 Å². The van der Waals surface area contributed by atoms with Gasteiger partial charge in [-0.3, -0.25) is 4.79 Å². The van der Waals surface area contributed by atoms with Gasteiger partial charge in [-0.1, -0.05) is 32.9 Å². The first-order chi connectivity index (χ1) is 9.39. The van der Waals surface area contributed by atoms with E-state index in [1.807, 2.05) is 39.0 Å². The molecular formula is C16H25N3O. The van der Waals surface area contributed by atoms with Crippen LogP contribution in [0.4, 0.5) is 11.4 Å². The lowest BCUT2D eigenvalue weighted by atomic mass is 9.87. The molecule has 0 radical (unpaired) electrons. The molecule has 20 heavy (non-hydrogen) atoms. The van der Waals surface area contributed by atoms with E-state index in [2.05, 4.69) is 16.3 Å². The number of anilines is 2. The summed E-state index contributed by atoms with van der Waals surface area (Å²) in [6.45, 7) is 8.04. The zero-order valence-electron chi connectivity index (χ0n) is 12.6. The van der Waals surface area contributed by atoms with Gasteiger partial charge in [-0.2, -0.15) is 0 Å². The van der Waals surface area contributed by atoms with Crippen molar-refractivity contribution in [2.45, 2.75) is 39.7 Å². The van der Waals surface area contributed by atoms with E-state index in [1.54, 1.807) is 0 Å². The molecule has 1 fully saturated rings. The molecule has 110 valence electrons. The molecule has 1 atom stereocenters. The van der Waals surface area contributed by atoms with Gasteiger partial charge in [0.05, 0.1) is 17.4 Å². The Morgan fingerprint density at radius 1 is 1.25 bits per heavy atom. The molecule has 1 aliphatic heterocycles. The predicted molar refractivity (Wildman–Crippen MR) is 83.9 cm³/mol. The Morgan fingerprint density at radius 3 is 2.45 bits per heavy atom. The first-order valence-corrected chi connectivity index (χ1v) is 7.30. The molecule has 2 rings (SSSR count). The molecule has 0 aliphatic carbocycles. The van der Waals surface area contributed by atoms with Gasteiger partial charge >= 0.3 is 0 Å². The SMILES string of the molecule is CC(C)(C)C(N)C(=O)Nc1ccccc1N1CCCC1. The smallest absolute Gasteiger partial charge is 0.241 e. The Labute approximate surface area is 121 Å². The van der Waals surface area contributed by atoms with E-state index < -0.39 is 6.04 Å². The maximum Gasteiger partial charge on any atom is 0.241 e. The molecule has 4 heteroatoms. The summed E-state index contributed by atoms with van der Waals surface area (Å²) >= 11 is 0. The Morgan fingerprint density at radius 2 is 1.85 bits per heavy atom. The van der Waals surface area contributed by atoms with Crippen LogP contribution in [0.25, 0.3) is 0 Å². The highest BCUT2D eigenvalue weighted by molar-refractivity contribution is 5.98. The fraction of sp³-hybridized carbons (Fsp3) is 0.562. The number of nitrogens with zero attached hydrogens (tertiary/aromatic N) is 1. The van der Waals surface area contributed by atoms with Crippen LogP contribution in [-0.2, 0) is 4.79 Å². The van der Waals surface area contributed by atoms with E-state index in [1.165, 1.54) is 12.8 Å². The van der Waals surface area contributed by atoms with Gasteiger partial charge in [0, 0.05) is 13.1 Å². The van der Waals surface area contributed by atoms with Crippen molar-refractivity contribution in [1.29, 1.82) is 0 Å². The molecule has 1 heterocycles. The summed E-state index contributed by atoms with van der Waals surface area (Å²) in [5.41, 5.74) is 7.73. The van der Waals surface area contributed by atoms with E-state index in [0.29, 0.717) is 0 Å². The lowest BCUT2D eigenvalue weighted by molar-refractivity contribution is -0.119. The zero-order valence-corrected chi connectivity index (χ0v) is 12.6. The van der Waals surface area contributed by atoms with Crippen LogP contribution in [0.2, 0.25) is 0 Å². The first kappa shape index (κ1) is 14.9. The average molecular weight is 275 g/mol. The van der Waals surface area contributed by atoms with Crippen LogP contribution in [0.1, 0.15) is 33.6 Å². The van der Waals surface area contributed by atoms with Gasteiger partial charge in [0.1, 0.15) is 0 Å². The average Bonchev–Trinajstić information content (AvgIpc) is 2.91. The zero-order chi connectivity index (χ0) is 14.8. The maximum absolute atomic E-state index is 12.3. The van der Waals surface area contributed by atoms with Gasteiger partial charge in [-0.15, -0.1) is 0 Å². The number of para-hydroxylation sites is 2. The minimum Gasteiger partial charge on any atom is -0.370 e. The largest absolute Gasteiger partial charge is 0.370 e. The minimum atomic E-state index is -0.519. The Balaban J connectivity index is 2.15. The van der Waals surface area contributed by atoms with E-state index in [4.69, 9.17) is 5.73 Å². The molecular weight excluding hydrogens is 250 g/mol. The number of carbonyl (C=O) groups is 1. The lowest BCUT2D eigenvalue weighted by Gasteiger charge is -2.27. The van der Waals surface area contributed by atoms with E-state index in [0.717, 1.165) is 24.5 Å². The molecule has 1 aromatic carbocycles. The Hall–Kier alpha value is -1.55. The molecule has 1 aromatic rings.